The minimum atomic E-state index is 0.310. The van der Waals surface area contributed by atoms with Gasteiger partial charge in [0.25, 0.3) is 0 Å². The van der Waals surface area contributed by atoms with Gasteiger partial charge in [0.05, 0.1) is 11.1 Å². The second-order valence-electron chi connectivity index (χ2n) is 10.4. The molecule has 0 atom stereocenters. The molecule has 0 saturated carbocycles. The average Bonchev–Trinajstić information content (AvgIpc) is 3.23. The fourth-order valence-electron chi connectivity index (χ4n) is 7.71. The second-order valence-corrected chi connectivity index (χ2v) is 10.8. The van der Waals surface area contributed by atoms with Crippen LogP contribution in [0.1, 0.15) is 120 Å². The molecule has 3 aliphatic rings. The third-order valence-electron chi connectivity index (χ3n) is 10.3. The summed E-state index contributed by atoms with van der Waals surface area (Å²) < 4.78 is 0. The summed E-state index contributed by atoms with van der Waals surface area (Å²) in [4.78, 5) is 0. The molecule has 0 fully saturated rings. The fourth-order valence-corrected chi connectivity index (χ4v) is 8.43. The van der Waals surface area contributed by atoms with Crippen LogP contribution in [0, 0.1) is 28.1 Å². The Morgan fingerprint density at radius 3 is 1.07 bits per heavy atom. The molecule has 162 valence electrons. The molecule has 1 heteroatoms. The maximum absolute atomic E-state index is 5.44. The zero-order valence-corrected chi connectivity index (χ0v) is 21.5. The van der Waals surface area contributed by atoms with Gasteiger partial charge in [0, 0.05) is 39.2 Å². The molecule has 0 aromatic rings. The van der Waals surface area contributed by atoms with Crippen molar-refractivity contribution >= 4 is 14.2 Å². The standard InChI is InChI=1S/C28H45P/c1-9-25(10-2)18-27(13-5,14-6)22-20(25)17-21-23(24(22)29)28(15-7,16-8)19-26(21,11-3)12-4/h17H,9-16,18-19H2,1-8H3. The highest BCUT2D eigenvalue weighted by Crippen LogP contribution is 2.69. The normalized spacial score (nSPS) is 25.9. The van der Waals surface area contributed by atoms with Crippen LogP contribution < -0.4 is 0 Å². The van der Waals surface area contributed by atoms with Crippen LogP contribution in [0.15, 0.2) is 22.3 Å². The first-order chi connectivity index (χ1) is 13.8. The highest BCUT2D eigenvalue weighted by molar-refractivity contribution is 7.23. The van der Waals surface area contributed by atoms with E-state index < -0.39 is 0 Å². The van der Waals surface area contributed by atoms with Gasteiger partial charge in [0.15, 0.2) is 0 Å². The molecule has 29 heavy (non-hydrogen) atoms. The summed E-state index contributed by atoms with van der Waals surface area (Å²) in [6, 6.07) is 0. The third-order valence-corrected chi connectivity index (χ3v) is 10.7. The van der Waals surface area contributed by atoms with Crippen LogP contribution in [-0.2, 0) is 0 Å². The van der Waals surface area contributed by atoms with Crippen molar-refractivity contribution in [2.45, 2.75) is 120 Å². The van der Waals surface area contributed by atoms with Crippen LogP contribution in [-0.4, -0.2) is 5.29 Å². The number of hydrogen-bond acceptors (Lipinski definition) is 0. The van der Waals surface area contributed by atoms with Crippen molar-refractivity contribution in [1.82, 2.24) is 0 Å². The van der Waals surface area contributed by atoms with Crippen molar-refractivity contribution in [2.24, 2.45) is 21.7 Å². The van der Waals surface area contributed by atoms with Gasteiger partial charge in [-0.05, 0) is 64.2 Å². The van der Waals surface area contributed by atoms with Crippen LogP contribution in [0.3, 0.4) is 0 Å². The van der Waals surface area contributed by atoms with Crippen molar-refractivity contribution in [2.75, 3.05) is 0 Å². The topological polar surface area (TPSA) is 0 Å². The Bertz CT molecular complexity index is 655. The molecular formula is C28H45P. The van der Waals surface area contributed by atoms with Gasteiger partial charge in [0.1, 0.15) is 0 Å². The Balaban J connectivity index is 2.29. The minimum Gasteiger partial charge on any atom is -0.690 e. The molecule has 0 bridgehead atoms. The quantitative estimate of drug-likeness (QED) is 0.275. The lowest BCUT2D eigenvalue weighted by molar-refractivity contribution is 0.204. The molecule has 0 aliphatic heterocycles. The van der Waals surface area contributed by atoms with Crippen LogP contribution in [0.5, 0.6) is 0 Å². The predicted octanol–water partition coefficient (Wildman–Crippen LogP) is 9.41. The molecule has 0 unspecified atom stereocenters. The highest BCUT2D eigenvalue weighted by atomic mass is 31.0. The van der Waals surface area contributed by atoms with Crippen LogP contribution in [0.2, 0.25) is 0 Å². The molecular weight excluding hydrogens is 367 g/mol. The highest BCUT2D eigenvalue weighted by Gasteiger charge is 2.63. The Kier molecular flexibility index (Phi) is 6.31. The van der Waals surface area contributed by atoms with Crippen molar-refractivity contribution in [3.63, 3.8) is 0 Å². The Hall–Kier alpha value is -0.480. The summed E-state index contributed by atoms with van der Waals surface area (Å²) in [5, 5.41) is 1.40. The Labute approximate surface area is 184 Å². The van der Waals surface area contributed by atoms with Gasteiger partial charge in [-0.3, -0.25) is 0 Å². The maximum Gasteiger partial charge on any atom is 0.0690 e. The van der Waals surface area contributed by atoms with Gasteiger partial charge < -0.3 is 8.86 Å². The zero-order valence-electron chi connectivity index (χ0n) is 20.6. The van der Waals surface area contributed by atoms with Gasteiger partial charge in [0.2, 0.25) is 0 Å². The summed E-state index contributed by atoms with van der Waals surface area (Å²) in [5.74, 6) is 0. The van der Waals surface area contributed by atoms with Gasteiger partial charge in [-0.15, -0.1) is 0 Å². The first-order valence-electron chi connectivity index (χ1n) is 12.7. The molecule has 3 rings (SSSR count). The summed E-state index contributed by atoms with van der Waals surface area (Å²) in [7, 11) is 5.44. The van der Waals surface area contributed by atoms with Crippen LogP contribution in [0.4, 0.5) is 0 Å². The Morgan fingerprint density at radius 2 is 0.828 bits per heavy atom. The van der Waals surface area contributed by atoms with E-state index in [9.17, 15) is 0 Å². The van der Waals surface area contributed by atoms with E-state index in [0.717, 1.165) is 0 Å². The van der Waals surface area contributed by atoms with Crippen molar-refractivity contribution in [1.29, 1.82) is 0 Å². The summed E-state index contributed by atoms with van der Waals surface area (Å²) in [5.41, 5.74) is 7.98. The van der Waals surface area contributed by atoms with E-state index in [2.05, 4.69) is 61.8 Å². The Morgan fingerprint density at radius 1 is 0.552 bits per heavy atom. The van der Waals surface area contributed by atoms with E-state index >= 15 is 0 Å². The van der Waals surface area contributed by atoms with E-state index in [1.54, 1.807) is 22.3 Å². The minimum absolute atomic E-state index is 0.310. The molecule has 0 N–H and O–H groups in total. The van der Waals surface area contributed by atoms with Gasteiger partial charge in [-0.1, -0.05) is 60.7 Å². The second kappa shape index (κ2) is 7.89. The van der Waals surface area contributed by atoms with E-state index in [1.165, 1.54) is 69.5 Å². The lowest BCUT2D eigenvalue weighted by Gasteiger charge is -2.37. The van der Waals surface area contributed by atoms with Gasteiger partial charge >= 0.3 is 0 Å². The predicted molar refractivity (Wildman–Crippen MR) is 132 cm³/mol. The molecule has 0 nitrogen and oxygen atoms in total. The van der Waals surface area contributed by atoms with Crippen LogP contribution in [0.25, 0.3) is 0 Å². The molecule has 0 radical (unpaired) electrons. The summed E-state index contributed by atoms with van der Waals surface area (Å²) >= 11 is 0. The van der Waals surface area contributed by atoms with E-state index in [0.29, 0.717) is 21.7 Å². The molecule has 0 amide bonds. The van der Waals surface area contributed by atoms with E-state index in [1.807, 2.05) is 0 Å². The van der Waals surface area contributed by atoms with E-state index in [-0.39, 0.29) is 0 Å². The summed E-state index contributed by atoms with van der Waals surface area (Å²) in [6.07, 6.45) is 15.3. The lowest BCUT2D eigenvalue weighted by Crippen LogP contribution is -2.31. The van der Waals surface area contributed by atoms with Crippen molar-refractivity contribution < 1.29 is 0 Å². The van der Waals surface area contributed by atoms with E-state index in [4.69, 9.17) is 8.86 Å². The molecule has 0 aromatic carbocycles. The molecule has 0 heterocycles. The van der Waals surface area contributed by atoms with Gasteiger partial charge in [-0.2, -0.15) is 0 Å². The summed E-state index contributed by atoms with van der Waals surface area (Å²) in [6.45, 7) is 19.4. The first-order valence-corrected chi connectivity index (χ1v) is 13.1. The molecule has 0 aromatic heterocycles. The van der Waals surface area contributed by atoms with Crippen molar-refractivity contribution in [3.8, 4) is 0 Å². The third kappa shape index (κ3) is 2.83. The lowest BCUT2D eigenvalue weighted by atomic mass is 9.66. The zero-order chi connectivity index (χ0) is 21.7. The largest absolute Gasteiger partial charge is 0.690 e. The fraction of sp³-hybridized carbons (Fsp3) is 0.786. The number of allylic oxidation sites excluding steroid dienone is 4. The molecule has 0 spiro atoms. The maximum atomic E-state index is 5.44. The van der Waals surface area contributed by atoms with Crippen molar-refractivity contribution in [3.05, 3.63) is 28.7 Å². The number of hydrogen-bond donors (Lipinski definition) is 0. The molecule has 0 saturated heterocycles. The average molecular weight is 413 g/mol. The smallest absolute Gasteiger partial charge is 0.0690 e. The SMILES string of the molecule is CCC1(CC)CC(CC)(CC)C2=C1[CH+]C1=C(C2=[P-])C(CC)(CC)CC1(CC)CC. The monoisotopic (exact) mass is 412 g/mol. The van der Waals surface area contributed by atoms with Crippen LogP contribution >= 0.6 is 8.86 Å². The van der Waals surface area contributed by atoms with Gasteiger partial charge in [-0.25, -0.2) is 0 Å². The first kappa shape index (κ1) is 23.2. The number of rotatable bonds is 8. The molecule has 3 aliphatic carbocycles.